The van der Waals surface area contributed by atoms with Gasteiger partial charge in [-0.1, -0.05) is 6.92 Å². The van der Waals surface area contributed by atoms with Crippen molar-refractivity contribution in [1.29, 1.82) is 0 Å². The van der Waals surface area contributed by atoms with E-state index < -0.39 is 0 Å². The van der Waals surface area contributed by atoms with E-state index in [-0.39, 0.29) is 0 Å². The number of hydrogen-bond acceptors (Lipinski definition) is 4. The fourth-order valence-electron chi connectivity index (χ4n) is 2.92. The average Bonchev–Trinajstić information content (AvgIpc) is 2.72. The van der Waals surface area contributed by atoms with Crippen LogP contribution in [-0.4, -0.2) is 30.3 Å². The molecule has 0 aliphatic heterocycles. The van der Waals surface area contributed by atoms with E-state index in [1.807, 2.05) is 0 Å². The maximum atomic E-state index is 5.64. The lowest BCUT2D eigenvalue weighted by Crippen LogP contribution is -2.39. The molecule has 108 valence electrons. The van der Waals surface area contributed by atoms with E-state index in [1.165, 1.54) is 30.0 Å². The van der Waals surface area contributed by atoms with Crippen LogP contribution < -0.4 is 5.32 Å². The number of likely N-dealkylation sites (N-methyl/N-ethyl adjacent to an activating group) is 1. The van der Waals surface area contributed by atoms with Crippen LogP contribution in [0.1, 0.15) is 43.8 Å². The highest BCUT2D eigenvalue weighted by molar-refractivity contribution is 7.09. The maximum absolute atomic E-state index is 5.64. The van der Waals surface area contributed by atoms with Crippen molar-refractivity contribution in [2.24, 2.45) is 5.92 Å². The Bertz CT molecular complexity index is 374. The summed E-state index contributed by atoms with van der Waals surface area (Å²) in [5.41, 5.74) is 1.24. The molecule has 1 aromatic heterocycles. The van der Waals surface area contributed by atoms with Crippen molar-refractivity contribution < 1.29 is 4.74 Å². The predicted molar refractivity (Wildman–Crippen MR) is 80.8 cm³/mol. The number of nitrogens with one attached hydrogen (secondary N) is 1. The molecule has 0 saturated heterocycles. The molecule has 1 atom stereocenters. The number of aromatic nitrogens is 1. The molecular formula is C15H26N2OS. The van der Waals surface area contributed by atoms with Crippen molar-refractivity contribution in [1.82, 2.24) is 10.3 Å². The highest BCUT2D eigenvalue weighted by Gasteiger charge is 2.31. The Labute approximate surface area is 120 Å². The van der Waals surface area contributed by atoms with E-state index in [9.17, 15) is 0 Å². The average molecular weight is 282 g/mol. The molecule has 1 unspecified atom stereocenters. The summed E-state index contributed by atoms with van der Waals surface area (Å²) in [5.74, 6) is 0.834. The van der Waals surface area contributed by atoms with E-state index in [2.05, 4.69) is 36.5 Å². The van der Waals surface area contributed by atoms with E-state index >= 15 is 0 Å². The molecule has 19 heavy (non-hydrogen) atoms. The molecule has 0 aromatic carbocycles. The first-order chi connectivity index (χ1) is 9.21. The minimum atomic E-state index is 0.527. The third-order valence-corrected chi connectivity index (χ3v) is 4.65. The van der Waals surface area contributed by atoms with Gasteiger partial charge in [-0.3, -0.25) is 0 Å². The molecule has 0 radical (unpaired) electrons. The topological polar surface area (TPSA) is 34.2 Å². The van der Waals surface area contributed by atoms with Gasteiger partial charge in [-0.15, -0.1) is 11.3 Å². The van der Waals surface area contributed by atoms with E-state index in [0.717, 1.165) is 25.5 Å². The molecule has 0 bridgehead atoms. The van der Waals surface area contributed by atoms with Gasteiger partial charge in [0.2, 0.25) is 0 Å². The van der Waals surface area contributed by atoms with Gasteiger partial charge in [-0.05, 0) is 45.6 Å². The Hall–Kier alpha value is -0.450. The van der Waals surface area contributed by atoms with E-state index in [4.69, 9.17) is 4.74 Å². The summed E-state index contributed by atoms with van der Waals surface area (Å²) in [6, 6.07) is 0.569. The minimum Gasteiger partial charge on any atom is -0.378 e. The van der Waals surface area contributed by atoms with Crippen LogP contribution in [0.4, 0.5) is 0 Å². The first-order valence-corrected chi connectivity index (χ1v) is 8.35. The van der Waals surface area contributed by atoms with Crippen LogP contribution in [0.15, 0.2) is 5.38 Å². The van der Waals surface area contributed by atoms with Gasteiger partial charge < -0.3 is 10.1 Å². The second-order valence-corrected chi connectivity index (χ2v) is 6.53. The predicted octanol–water partition coefficient (Wildman–Crippen LogP) is 3.18. The summed E-state index contributed by atoms with van der Waals surface area (Å²) < 4.78 is 5.64. The Kier molecular flexibility index (Phi) is 5.79. The lowest BCUT2D eigenvalue weighted by Gasteiger charge is -2.37. The molecule has 1 fully saturated rings. The lowest BCUT2D eigenvalue weighted by molar-refractivity contribution is -0.0289. The molecule has 1 heterocycles. The molecule has 1 aliphatic rings. The molecule has 0 spiro atoms. The fourth-order valence-corrected chi connectivity index (χ4v) is 3.55. The van der Waals surface area contributed by atoms with Gasteiger partial charge in [0.1, 0.15) is 0 Å². The van der Waals surface area contributed by atoms with Crippen LogP contribution in [0.3, 0.4) is 0 Å². The molecule has 3 nitrogen and oxygen atoms in total. The highest BCUT2D eigenvalue weighted by Crippen LogP contribution is 2.34. The second kappa shape index (κ2) is 7.36. The number of aryl methyl sites for hydroxylation is 1. The van der Waals surface area contributed by atoms with E-state index in [1.54, 1.807) is 11.3 Å². The van der Waals surface area contributed by atoms with E-state index in [0.29, 0.717) is 12.1 Å². The van der Waals surface area contributed by atoms with Crippen molar-refractivity contribution in [2.75, 3.05) is 13.2 Å². The second-order valence-electron chi connectivity index (χ2n) is 5.47. The maximum Gasteiger partial charge on any atom is 0.0897 e. The van der Waals surface area contributed by atoms with Crippen molar-refractivity contribution in [3.8, 4) is 0 Å². The van der Waals surface area contributed by atoms with Gasteiger partial charge in [0, 0.05) is 24.4 Å². The highest BCUT2D eigenvalue weighted by atomic mass is 32.1. The Morgan fingerprint density at radius 3 is 2.84 bits per heavy atom. The van der Waals surface area contributed by atoms with Crippen LogP contribution in [0.25, 0.3) is 0 Å². The van der Waals surface area contributed by atoms with Crippen LogP contribution in [0.5, 0.6) is 0 Å². The largest absolute Gasteiger partial charge is 0.378 e. The number of rotatable bonds is 8. The zero-order chi connectivity index (χ0) is 13.7. The van der Waals surface area contributed by atoms with Crippen LogP contribution >= 0.6 is 11.3 Å². The number of nitrogens with zero attached hydrogens (tertiary/aromatic N) is 1. The van der Waals surface area contributed by atoms with Gasteiger partial charge >= 0.3 is 0 Å². The van der Waals surface area contributed by atoms with Crippen LogP contribution in [0.2, 0.25) is 0 Å². The standard InChI is InChI=1S/C15H26N2OS/c1-4-16-13(9-14-10-19-11(3)17-14)6-12-7-15(8-12)18-5-2/h10,12-13,15-16H,4-9H2,1-3H3. The van der Waals surface area contributed by atoms with Crippen molar-refractivity contribution >= 4 is 11.3 Å². The smallest absolute Gasteiger partial charge is 0.0897 e. The Morgan fingerprint density at radius 2 is 2.26 bits per heavy atom. The molecule has 0 amide bonds. The molecule has 1 N–H and O–H groups in total. The quantitative estimate of drug-likeness (QED) is 0.795. The summed E-state index contributed by atoms with van der Waals surface area (Å²) in [6.45, 7) is 8.24. The Balaban J connectivity index is 1.77. The summed E-state index contributed by atoms with van der Waals surface area (Å²) in [4.78, 5) is 4.58. The lowest BCUT2D eigenvalue weighted by atomic mass is 9.77. The van der Waals surface area contributed by atoms with Gasteiger partial charge in [-0.2, -0.15) is 0 Å². The Morgan fingerprint density at radius 1 is 1.47 bits per heavy atom. The van der Waals surface area contributed by atoms with Crippen molar-refractivity contribution in [2.45, 2.75) is 58.6 Å². The summed E-state index contributed by atoms with van der Waals surface area (Å²) >= 11 is 1.75. The number of ether oxygens (including phenoxy) is 1. The number of thiazole rings is 1. The molecule has 1 saturated carbocycles. The SMILES string of the molecule is CCNC(Cc1csc(C)n1)CC1CC(OCC)C1. The van der Waals surface area contributed by atoms with Crippen LogP contribution in [0, 0.1) is 12.8 Å². The molecule has 1 aliphatic carbocycles. The molecular weight excluding hydrogens is 256 g/mol. The zero-order valence-corrected chi connectivity index (χ0v) is 13.1. The normalized spacial score (nSPS) is 24.2. The van der Waals surface area contributed by atoms with Crippen molar-refractivity contribution in [3.63, 3.8) is 0 Å². The first kappa shape index (κ1) is 14.9. The third kappa shape index (κ3) is 4.55. The summed E-state index contributed by atoms with van der Waals surface area (Å²) in [7, 11) is 0. The molecule has 4 heteroatoms. The van der Waals surface area contributed by atoms with Gasteiger partial charge in [-0.25, -0.2) is 4.98 Å². The van der Waals surface area contributed by atoms with Crippen LogP contribution in [-0.2, 0) is 11.2 Å². The molecule has 2 rings (SSSR count). The summed E-state index contributed by atoms with van der Waals surface area (Å²) in [5, 5.41) is 6.98. The third-order valence-electron chi connectivity index (χ3n) is 3.83. The fraction of sp³-hybridized carbons (Fsp3) is 0.800. The van der Waals surface area contributed by atoms with Crippen molar-refractivity contribution in [3.05, 3.63) is 16.1 Å². The van der Waals surface area contributed by atoms with Gasteiger partial charge in [0.15, 0.2) is 0 Å². The molecule has 1 aromatic rings. The van der Waals surface area contributed by atoms with Gasteiger partial charge in [0.05, 0.1) is 16.8 Å². The number of hydrogen-bond donors (Lipinski definition) is 1. The minimum absolute atomic E-state index is 0.527. The summed E-state index contributed by atoms with van der Waals surface area (Å²) in [6.07, 6.45) is 5.33. The van der Waals surface area contributed by atoms with Gasteiger partial charge in [0.25, 0.3) is 0 Å². The first-order valence-electron chi connectivity index (χ1n) is 7.47. The zero-order valence-electron chi connectivity index (χ0n) is 12.3. The monoisotopic (exact) mass is 282 g/mol.